The van der Waals surface area contributed by atoms with Crippen LogP contribution in [0, 0.1) is 12.7 Å². The normalized spacial score (nSPS) is 12.1. The van der Waals surface area contributed by atoms with Crippen molar-refractivity contribution in [2.75, 3.05) is 13.6 Å². The third kappa shape index (κ3) is 6.94. The van der Waals surface area contributed by atoms with E-state index in [9.17, 15) is 12.8 Å². The van der Waals surface area contributed by atoms with Gasteiger partial charge in [-0.1, -0.05) is 36.4 Å². The van der Waals surface area contributed by atoms with Gasteiger partial charge in [-0.05, 0) is 49.2 Å². The van der Waals surface area contributed by atoms with E-state index in [-0.39, 0.29) is 11.6 Å². The minimum atomic E-state index is -3.28. The van der Waals surface area contributed by atoms with Gasteiger partial charge in [0.05, 0.1) is 12.3 Å². The highest BCUT2D eigenvalue weighted by Crippen LogP contribution is 2.10. The molecule has 2 rings (SSSR count). The summed E-state index contributed by atoms with van der Waals surface area (Å²) in [6.07, 6.45) is 0. The summed E-state index contributed by atoms with van der Waals surface area (Å²) in [7, 11) is -1.88. The van der Waals surface area contributed by atoms with E-state index in [0.29, 0.717) is 31.2 Å². The van der Waals surface area contributed by atoms with Gasteiger partial charge in [-0.25, -0.2) is 22.5 Å². The zero-order valence-corrected chi connectivity index (χ0v) is 17.2. The van der Waals surface area contributed by atoms with Gasteiger partial charge < -0.3 is 10.6 Å². The van der Waals surface area contributed by atoms with Crippen LogP contribution in [0.5, 0.6) is 0 Å². The maximum Gasteiger partial charge on any atom is 0.215 e. The van der Waals surface area contributed by atoms with Crippen molar-refractivity contribution in [1.29, 1.82) is 0 Å². The number of hydrogen-bond acceptors (Lipinski definition) is 3. The fourth-order valence-corrected chi connectivity index (χ4v) is 3.25. The van der Waals surface area contributed by atoms with Crippen LogP contribution in [0.4, 0.5) is 4.39 Å². The number of aliphatic imine (C=N–C) groups is 1. The summed E-state index contributed by atoms with van der Waals surface area (Å²) >= 11 is 0. The smallest absolute Gasteiger partial charge is 0.215 e. The third-order valence-electron chi connectivity index (χ3n) is 4.15. The summed E-state index contributed by atoms with van der Waals surface area (Å²) in [6.45, 7) is 5.31. The van der Waals surface area contributed by atoms with Crippen molar-refractivity contribution in [1.82, 2.24) is 15.4 Å². The maximum atomic E-state index is 13.7. The molecule has 0 heterocycles. The summed E-state index contributed by atoms with van der Waals surface area (Å²) in [5, 5.41) is 6.38. The van der Waals surface area contributed by atoms with Gasteiger partial charge in [0.1, 0.15) is 5.82 Å². The van der Waals surface area contributed by atoms with Gasteiger partial charge in [-0.3, -0.25) is 0 Å². The largest absolute Gasteiger partial charge is 0.357 e. The summed E-state index contributed by atoms with van der Waals surface area (Å²) in [5.74, 6) is 0.352. The predicted octanol–water partition coefficient (Wildman–Crippen LogP) is 2.44. The molecular weight excluding hydrogens is 379 g/mol. The predicted molar refractivity (Wildman–Crippen MR) is 111 cm³/mol. The molecule has 0 bridgehead atoms. The van der Waals surface area contributed by atoms with Crippen molar-refractivity contribution in [2.45, 2.75) is 32.7 Å². The van der Waals surface area contributed by atoms with Crippen LogP contribution in [-0.2, 0) is 28.9 Å². The first kappa shape index (κ1) is 21.8. The Bertz CT molecular complexity index is 912. The molecule has 0 saturated carbocycles. The standard InChI is InChI=1S/C20H27FN4O2S/c1-4-23-20(25-13-18-6-5-15(2)19(21)11-18)24-12-16-7-9-17(10-8-16)14-28(26,27)22-3/h5-11,22H,4,12-14H2,1-3H3,(H2,23,24,25). The summed E-state index contributed by atoms with van der Waals surface area (Å²) in [5.41, 5.74) is 3.14. The number of halogens is 1. The van der Waals surface area contributed by atoms with Gasteiger partial charge >= 0.3 is 0 Å². The minimum absolute atomic E-state index is 0.0472. The molecule has 2 aromatic rings. The van der Waals surface area contributed by atoms with Gasteiger partial charge in [-0.15, -0.1) is 0 Å². The average Bonchev–Trinajstić information content (AvgIpc) is 2.67. The van der Waals surface area contributed by atoms with Crippen LogP contribution < -0.4 is 15.4 Å². The Morgan fingerprint density at radius 1 is 1.04 bits per heavy atom. The highest BCUT2D eigenvalue weighted by atomic mass is 32.2. The van der Waals surface area contributed by atoms with Gasteiger partial charge in [0.15, 0.2) is 5.96 Å². The molecular formula is C20H27FN4O2S. The Kier molecular flexibility index (Phi) is 7.95. The Morgan fingerprint density at radius 3 is 2.29 bits per heavy atom. The molecule has 0 unspecified atom stereocenters. The molecule has 6 nitrogen and oxygen atoms in total. The van der Waals surface area contributed by atoms with E-state index in [1.807, 2.05) is 25.1 Å². The molecule has 0 aliphatic carbocycles. The minimum Gasteiger partial charge on any atom is -0.357 e. The number of benzene rings is 2. The van der Waals surface area contributed by atoms with Crippen LogP contribution in [0.1, 0.15) is 29.2 Å². The molecule has 0 aromatic heterocycles. The summed E-state index contributed by atoms with van der Waals surface area (Å²) in [4.78, 5) is 4.49. The topological polar surface area (TPSA) is 82.6 Å². The number of sulfonamides is 1. The monoisotopic (exact) mass is 406 g/mol. The second kappa shape index (κ2) is 10.2. The van der Waals surface area contributed by atoms with E-state index in [1.54, 1.807) is 25.1 Å². The maximum absolute atomic E-state index is 13.7. The van der Waals surface area contributed by atoms with Gasteiger partial charge in [0, 0.05) is 13.1 Å². The molecule has 3 N–H and O–H groups in total. The lowest BCUT2D eigenvalue weighted by molar-refractivity contribution is 0.587. The molecule has 0 atom stereocenters. The lowest BCUT2D eigenvalue weighted by atomic mass is 10.1. The summed E-state index contributed by atoms with van der Waals surface area (Å²) in [6, 6.07) is 12.5. The lowest BCUT2D eigenvalue weighted by Crippen LogP contribution is -2.36. The highest BCUT2D eigenvalue weighted by Gasteiger charge is 2.08. The van der Waals surface area contributed by atoms with Crippen molar-refractivity contribution in [3.8, 4) is 0 Å². The van der Waals surface area contributed by atoms with E-state index >= 15 is 0 Å². The van der Waals surface area contributed by atoms with E-state index in [2.05, 4.69) is 20.3 Å². The van der Waals surface area contributed by atoms with Crippen LogP contribution in [-0.4, -0.2) is 28.0 Å². The molecule has 0 spiro atoms. The number of nitrogens with zero attached hydrogens (tertiary/aromatic N) is 1. The number of guanidine groups is 1. The van der Waals surface area contributed by atoms with E-state index in [1.165, 1.54) is 13.1 Å². The van der Waals surface area contributed by atoms with Crippen molar-refractivity contribution < 1.29 is 12.8 Å². The highest BCUT2D eigenvalue weighted by molar-refractivity contribution is 7.88. The molecule has 152 valence electrons. The quantitative estimate of drug-likeness (QED) is 0.465. The van der Waals surface area contributed by atoms with Crippen LogP contribution >= 0.6 is 0 Å². The number of nitrogens with one attached hydrogen (secondary N) is 3. The second-order valence-electron chi connectivity index (χ2n) is 6.41. The van der Waals surface area contributed by atoms with Gasteiger partial charge in [0.2, 0.25) is 10.0 Å². The molecule has 0 aliphatic heterocycles. The van der Waals surface area contributed by atoms with Crippen LogP contribution in [0.15, 0.2) is 47.5 Å². The first-order valence-corrected chi connectivity index (χ1v) is 10.7. The molecule has 0 fully saturated rings. The Labute approximate surface area is 166 Å². The fraction of sp³-hybridized carbons (Fsp3) is 0.350. The van der Waals surface area contributed by atoms with Crippen LogP contribution in [0.2, 0.25) is 0 Å². The number of hydrogen-bond donors (Lipinski definition) is 3. The zero-order valence-electron chi connectivity index (χ0n) is 16.4. The molecule has 0 aliphatic rings. The SMILES string of the molecule is CCNC(=NCc1ccc(C)c(F)c1)NCc1ccc(CS(=O)(=O)NC)cc1. The fourth-order valence-electron chi connectivity index (χ4n) is 2.48. The molecule has 0 radical (unpaired) electrons. The molecule has 0 amide bonds. The Morgan fingerprint density at radius 2 is 1.68 bits per heavy atom. The molecule has 8 heteroatoms. The molecule has 28 heavy (non-hydrogen) atoms. The average molecular weight is 407 g/mol. The Balaban J connectivity index is 1.97. The van der Waals surface area contributed by atoms with Crippen molar-refractivity contribution in [3.05, 3.63) is 70.5 Å². The van der Waals surface area contributed by atoms with E-state index in [0.717, 1.165) is 16.7 Å². The zero-order chi connectivity index (χ0) is 20.6. The lowest BCUT2D eigenvalue weighted by Gasteiger charge is -2.12. The number of aryl methyl sites for hydroxylation is 1. The van der Waals surface area contributed by atoms with Crippen LogP contribution in [0.25, 0.3) is 0 Å². The van der Waals surface area contributed by atoms with Crippen LogP contribution in [0.3, 0.4) is 0 Å². The van der Waals surface area contributed by atoms with Crippen molar-refractivity contribution >= 4 is 16.0 Å². The van der Waals surface area contributed by atoms with E-state index < -0.39 is 10.0 Å². The molecule has 2 aromatic carbocycles. The van der Waals surface area contributed by atoms with Gasteiger partial charge in [0.25, 0.3) is 0 Å². The number of rotatable bonds is 8. The third-order valence-corrected chi connectivity index (χ3v) is 5.49. The van der Waals surface area contributed by atoms with Gasteiger partial charge in [-0.2, -0.15) is 0 Å². The first-order chi connectivity index (χ1) is 13.3. The summed E-state index contributed by atoms with van der Waals surface area (Å²) < 4.78 is 39.2. The molecule has 0 saturated heterocycles. The van der Waals surface area contributed by atoms with E-state index in [4.69, 9.17) is 0 Å². The van der Waals surface area contributed by atoms with Crippen molar-refractivity contribution in [3.63, 3.8) is 0 Å². The van der Waals surface area contributed by atoms with Crippen molar-refractivity contribution in [2.24, 2.45) is 4.99 Å². The Hall–Kier alpha value is -2.45. The first-order valence-electron chi connectivity index (χ1n) is 9.09. The second-order valence-corrected chi connectivity index (χ2v) is 8.34.